The van der Waals surface area contributed by atoms with E-state index in [4.69, 9.17) is 9.47 Å². The second-order valence-electron chi connectivity index (χ2n) is 8.71. The van der Waals surface area contributed by atoms with E-state index in [9.17, 15) is 0 Å². The molecule has 3 rings (SSSR count). The lowest BCUT2D eigenvalue weighted by molar-refractivity contribution is -0.0242. The van der Waals surface area contributed by atoms with Crippen molar-refractivity contribution in [2.75, 3.05) is 19.8 Å². The van der Waals surface area contributed by atoms with E-state index >= 15 is 0 Å². The van der Waals surface area contributed by atoms with Crippen LogP contribution in [0.4, 0.5) is 0 Å². The van der Waals surface area contributed by atoms with Crippen molar-refractivity contribution < 1.29 is 9.47 Å². The largest absolute Gasteiger partial charge is 0.379 e. The van der Waals surface area contributed by atoms with Crippen LogP contribution in [0, 0.1) is 0 Å². The fourth-order valence-corrected chi connectivity index (χ4v) is 4.46. The Bertz CT molecular complexity index is 765. The molecule has 0 fully saturated rings. The highest BCUT2D eigenvalue weighted by molar-refractivity contribution is 5.47. The van der Waals surface area contributed by atoms with Gasteiger partial charge < -0.3 is 9.47 Å². The molecule has 0 aliphatic heterocycles. The van der Waals surface area contributed by atoms with E-state index in [1.165, 1.54) is 44.9 Å². The zero-order valence-corrected chi connectivity index (χ0v) is 20.3. The fourth-order valence-electron chi connectivity index (χ4n) is 4.46. The molecule has 2 nitrogen and oxygen atoms in total. The average Bonchev–Trinajstić information content (AvgIpc) is 2.89. The zero-order valence-electron chi connectivity index (χ0n) is 20.3. The van der Waals surface area contributed by atoms with Gasteiger partial charge in [-0.1, -0.05) is 143 Å². The fraction of sp³-hybridized carbons (Fsp3) is 0.419. The Labute approximate surface area is 201 Å². The number of rotatable bonds is 16. The first kappa shape index (κ1) is 25.2. The molecule has 2 heteroatoms. The number of unbranched alkanes of at least 4 members (excludes halogenated alkanes) is 7. The minimum Gasteiger partial charge on any atom is -0.379 e. The maximum Gasteiger partial charge on any atom is 0.143 e. The average molecular weight is 445 g/mol. The summed E-state index contributed by atoms with van der Waals surface area (Å²) in [6, 6.07) is 31.6. The van der Waals surface area contributed by atoms with E-state index < -0.39 is 5.60 Å². The molecule has 33 heavy (non-hydrogen) atoms. The van der Waals surface area contributed by atoms with Crippen LogP contribution >= 0.6 is 0 Å². The molecule has 176 valence electrons. The van der Waals surface area contributed by atoms with Crippen LogP contribution in [0.15, 0.2) is 91.0 Å². The third-order valence-electron chi connectivity index (χ3n) is 6.23. The Morgan fingerprint density at radius 1 is 0.485 bits per heavy atom. The lowest BCUT2D eigenvalue weighted by Gasteiger charge is -2.36. The van der Waals surface area contributed by atoms with Gasteiger partial charge in [0.25, 0.3) is 0 Å². The van der Waals surface area contributed by atoms with Gasteiger partial charge in [-0.15, -0.1) is 0 Å². The summed E-state index contributed by atoms with van der Waals surface area (Å²) in [6.07, 6.45) is 10.5. The molecule has 0 unspecified atom stereocenters. The number of hydrogen-bond donors (Lipinski definition) is 0. The summed E-state index contributed by atoms with van der Waals surface area (Å²) >= 11 is 0. The smallest absolute Gasteiger partial charge is 0.143 e. The first-order chi connectivity index (χ1) is 16.4. The summed E-state index contributed by atoms with van der Waals surface area (Å²) in [5.74, 6) is 0. The van der Waals surface area contributed by atoms with E-state index in [1.54, 1.807) is 0 Å². The van der Waals surface area contributed by atoms with E-state index in [0.29, 0.717) is 13.2 Å². The first-order valence-corrected chi connectivity index (χ1v) is 12.8. The summed E-state index contributed by atoms with van der Waals surface area (Å²) in [6.45, 7) is 4.22. The zero-order chi connectivity index (χ0) is 23.0. The molecule has 0 N–H and O–H groups in total. The molecule has 0 saturated heterocycles. The maximum absolute atomic E-state index is 6.75. The summed E-state index contributed by atoms with van der Waals surface area (Å²) in [4.78, 5) is 0. The van der Waals surface area contributed by atoms with Crippen LogP contribution in [-0.4, -0.2) is 19.8 Å². The molecule has 3 aromatic rings. The van der Waals surface area contributed by atoms with Crippen molar-refractivity contribution in [2.45, 2.75) is 63.9 Å². The van der Waals surface area contributed by atoms with Gasteiger partial charge in [0.05, 0.1) is 13.2 Å². The van der Waals surface area contributed by atoms with Crippen LogP contribution in [0.2, 0.25) is 0 Å². The SMILES string of the molecule is CCCCCCCCCCOCCOC(c1ccccc1)(c1ccccc1)c1ccccc1. The Kier molecular flexibility index (Phi) is 11.2. The van der Waals surface area contributed by atoms with Crippen LogP contribution in [0.1, 0.15) is 75.0 Å². The highest BCUT2D eigenvalue weighted by Crippen LogP contribution is 2.40. The summed E-state index contributed by atoms with van der Waals surface area (Å²) in [5, 5.41) is 0. The second kappa shape index (κ2) is 14.7. The molecule has 0 amide bonds. The van der Waals surface area contributed by atoms with Crippen LogP contribution < -0.4 is 0 Å². The van der Waals surface area contributed by atoms with Crippen molar-refractivity contribution >= 4 is 0 Å². The first-order valence-electron chi connectivity index (χ1n) is 12.8. The van der Waals surface area contributed by atoms with Crippen LogP contribution in [-0.2, 0) is 15.1 Å². The molecule has 0 aromatic heterocycles. The topological polar surface area (TPSA) is 18.5 Å². The van der Waals surface area contributed by atoms with Gasteiger partial charge in [-0.2, -0.15) is 0 Å². The van der Waals surface area contributed by atoms with Crippen molar-refractivity contribution in [3.8, 4) is 0 Å². The minimum absolute atomic E-state index is 0.537. The molecular weight excluding hydrogens is 404 g/mol. The highest BCUT2D eigenvalue weighted by atomic mass is 16.5. The van der Waals surface area contributed by atoms with Crippen molar-refractivity contribution in [3.05, 3.63) is 108 Å². The molecular formula is C31H40O2. The molecule has 3 aromatic carbocycles. The van der Waals surface area contributed by atoms with E-state index in [-0.39, 0.29) is 0 Å². The van der Waals surface area contributed by atoms with Crippen molar-refractivity contribution in [1.29, 1.82) is 0 Å². The van der Waals surface area contributed by atoms with Crippen LogP contribution in [0.3, 0.4) is 0 Å². The number of hydrogen-bond acceptors (Lipinski definition) is 2. The third-order valence-corrected chi connectivity index (χ3v) is 6.23. The van der Waals surface area contributed by atoms with Gasteiger partial charge >= 0.3 is 0 Å². The van der Waals surface area contributed by atoms with Crippen molar-refractivity contribution in [3.63, 3.8) is 0 Å². The van der Waals surface area contributed by atoms with Gasteiger partial charge in [-0.05, 0) is 23.1 Å². The van der Waals surface area contributed by atoms with Gasteiger partial charge in [-0.25, -0.2) is 0 Å². The summed E-state index contributed by atoms with van der Waals surface area (Å²) in [5.41, 5.74) is 2.73. The van der Waals surface area contributed by atoms with Gasteiger partial charge in [-0.3, -0.25) is 0 Å². The Hall–Kier alpha value is -2.42. The molecule has 0 atom stereocenters. The molecule has 0 bridgehead atoms. The molecule has 0 aliphatic rings. The predicted molar refractivity (Wildman–Crippen MR) is 139 cm³/mol. The van der Waals surface area contributed by atoms with Gasteiger partial charge in [0, 0.05) is 6.61 Å². The molecule has 0 radical (unpaired) electrons. The van der Waals surface area contributed by atoms with Gasteiger partial charge in [0.1, 0.15) is 5.60 Å². The van der Waals surface area contributed by atoms with E-state index in [2.05, 4.69) is 97.9 Å². The lowest BCUT2D eigenvalue weighted by atomic mass is 9.80. The number of ether oxygens (including phenoxy) is 2. The third kappa shape index (κ3) is 7.55. The normalized spacial score (nSPS) is 11.5. The summed E-state index contributed by atoms with van der Waals surface area (Å²) in [7, 11) is 0. The molecule has 0 heterocycles. The predicted octanol–water partition coefficient (Wildman–Crippen LogP) is 8.15. The molecule has 0 saturated carbocycles. The minimum atomic E-state index is -0.661. The Morgan fingerprint density at radius 3 is 1.36 bits per heavy atom. The highest BCUT2D eigenvalue weighted by Gasteiger charge is 2.37. The summed E-state index contributed by atoms with van der Waals surface area (Å²) < 4.78 is 12.7. The monoisotopic (exact) mass is 444 g/mol. The van der Waals surface area contributed by atoms with Crippen molar-refractivity contribution in [2.24, 2.45) is 0 Å². The lowest BCUT2D eigenvalue weighted by Crippen LogP contribution is -2.34. The molecule has 0 spiro atoms. The van der Waals surface area contributed by atoms with Crippen LogP contribution in [0.5, 0.6) is 0 Å². The quantitative estimate of drug-likeness (QED) is 0.164. The van der Waals surface area contributed by atoms with E-state index in [1.807, 2.05) is 0 Å². The maximum atomic E-state index is 6.75. The number of benzene rings is 3. The standard InChI is InChI=1S/C31H40O2/c1-2-3-4-5-6-7-8-18-25-32-26-27-33-31(28-19-12-9-13-20-28,29-21-14-10-15-22-29)30-23-16-11-17-24-30/h9-17,19-24H,2-8,18,25-27H2,1H3. The van der Waals surface area contributed by atoms with E-state index in [0.717, 1.165) is 29.7 Å². The Morgan fingerprint density at radius 2 is 0.909 bits per heavy atom. The van der Waals surface area contributed by atoms with Crippen LogP contribution in [0.25, 0.3) is 0 Å². The Balaban J connectivity index is 1.59. The molecule has 0 aliphatic carbocycles. The van der Waals surface area contributed by atoms with Crippen molar-refractivity contribution in [1.82, 2.24) is 0 Å². The van der Waals surface area contributed by atoms with Gasteiger partial charge in [0.2, 0.25) is 0 Å². The second-order valence-corrected chi connectivity index (χ2v) is 8.71. The van der Waals surface area contributed by atoms with Gasteiger partial charge in [0.15, 0.2) is 0 Å².